The summed E-state index contributed by atoms with van der Waals surface area (Å²) < 4.78 is 39.5. The maximum atomic E-state index is 13.2. The molecule has 29 heavy (non-hydrogen) atoms. The van der Waals surface area contributed by atoms with Gasteiger partial charge in [-0.3, -0.25) is 14.5 Å². The molecule has 1 fully saturated rings. The quantitative estimate of drug-likeness (QED) is 0.686. The monoisotopic (exact) mass is 414 g/mol. The summed E-state index contributed by atoms with van der Waals surface area (Å²) in [4.78, 5) is 27.7. The van der Waals surface area contributed by atoms with Crippen LogP contribution in [0.5, 0.6) is 0 Å². The Morgan fingerprint density at radius 1 is 1.10 bits per heavy atom. The molecular weight excluding hydrogens is 385 g/mol. The molecule has 0 aromatic heterocycles. The number of nitrogens with one attached hydrogen (secondary N) is 2. The van der Waals surface area contributed by atoms with E-state index >= 15 is 0 Å². The highest BCUT2D eigenvalue weighted by Crippen LogP contribution is 2.36. The Bertz CT molecular complexity index is 703. The predicted molar refractivity (Wildman–Crippen MR) is 107 cm³/mol. The van der Waals surface area contributed by atoms with Crippen LogP contribution < -0.4 is 15.5 Å². The van der Waals surface area contributed by atoms with E-state index in [1.807, 2.05) is 11.8 Å². The van der Waals surface area contributed by atoms with E-state index in [2.05, 4.69) is 10.6 Å². The standard InChI is InChI=1S/C20H29F3N4O2/c1-3-9-24-18(28)13-26(2)14-19(29)25-16-12-15(20(21,22)23)7-8-17(16)27-10-5-4-6-11-27/h7-8,12H,3-6,9-11,13-14H2,1-2H3,(H,24,28)(H,25,29). The van der Waals surface area contributed by atoms with Crippen molar-refractivity contribution in [3.8, 4) is 0 Å². The van der Waals surface area contributed by atoms with Gasteiger partial charge in [0.05, 0.1) is 30.0 Å². The number of amides is 2. The highest BCUT2D eigenvalue weighted by Gasteiger charge is 2.32. The Hall–Kier alpha value is -2.29. The van der Waals surface area contributed by atoms with Crippen LogP contribution in [0.2, 0.25) is 0 Å². The van der Waals surface area contributed by atoms with Crippen molar-refractivity contribution in [3.63, 3.8) is 0 Å². The van der Waals surface area contributed by atoms with E-state index < -0.39 is 17.6 Å². The van der Waals surface area contributed by atoms with Gasteiger partial charge in [0.1, 0.15) is 0 Å². The number of anilines is 2. The Labute approximate surface area is 169 Å². The molecule has 0 atom stereocenters. The van der Waals surface area contributed by atoms with Gasteiger partial charge >= 0.3 is 6.18 Å². The highest BCUT2D eigenvalue weighted by atomic mass is 19.4. The smallest absolute Gasteiger partial charge is 0.370 e. The Morgan fingerprint density at radius 3 is 2.38 bits per heavy atom. The zero-order valence-electron chi connectivity index (χ0n) is 16.9. The summed E-state index contributed by atoms with van der Waals surface area (Å²) in [5.41, 5.74) is -0.0641. The maximum absolute atomic E-state index is 13.2. The number of carbonyl (C=O) groups excluding carboxylic acids is 2. The first-order valence-electron chi connectivity index (χ1n) is 9.92. The zero-order chi connectivity index (χ0) is 21.4. The summed E-state index contributed by atoms with van der Waals surface area (Å²) in [5, 5.41) is 5.33. The lowest BCUT2D eigenvalue weighted by atomic mass is 10.1. The van der Waals surface area contributed by atoms with Crippen molar-refractivity contribution in [2.45, 2.75) is 38.8 Å². The molecule has 1 aromatic rings. The van der Waals surface area contributed by atoms with E-state index in [4.69, 9.17) is 0 Å². The number of hydrogen-bond acceptors (Lipinski definition) is 4. The molecule has 0 radical (unpaired) electrons. The highest BCUT2D eigenvalue weighted by molar-refractivity contribution is 5.96. The van der Waals surface area contributed by atoms with Crippen molar-refractivity contribution in [1.29, 1.82) is 0 Å². The number of likely N-dealkylation sites (N-methyl/N-ethyl adjacent to an activating group) is 1. The van der Waals surface area contributed by atoms with Crippen molar-refractivity contribution >= 4 is 23.2 Å². The molecule has 9 heteroatoms. The van der Waals surface area contributed by atoms with Crippen molar-refractivity contribution in [2.24, 2.45) is 0 Å². The Kier molecular flexibility index (Phi) is 8.31. The molecule has 1 aromatic carbocycles. The van der Waals surface area contributed by atoms with Crippen LogP contribution in [0.4, 0.5) is 24.5 Å². The van der Waals surface area contributed by atoms with Gasteiger partial charge in [-0.2, -0.15) is 13.2 Å². The number of nitrogens with zero attached hydrogens (tertiary/aromatic N) is 2. The van der Waals surface area contributed by atoms with Gasteiger partial charge < -0.3 is 15.5 Å². The van der Waals surface area contributed by atoms with E-state index in [0.717, 1.165) is 50.9 Å². The van der Waals surface area contributed by atoms with Crippen LogP contribution >= 0.6 is 0 Å². The second-order valence-electron chi connectivity index (χ2n) is 7.35. The van der Waals surface area contributed by atoms with Gasteiger partial charge in [0, 0.05) is 19.6 Å². The molecule has 0 spiro atoms. The third-order valence-electron chi connectivity index (χ3n) is 4.69. The maximum Gasteiger partial charge on any atom is 0.416 e. The number of carbonyl (C=O) groups is 2. The number of halogens is 3. The zero-order valence-corrected chi connectivity index (χ0v) is 16.9. The lowest BCUT2D eigenvalue weighted by Gasteiger charge is -2.31. The molecule has 162 valence electrons. The molecule has 0 saturated carbocycles. The van der Waals surface area contributed by atoms with Crippen molar-refractivity contribution in [1.82, 2.24) is 10.2 Å². The molecule has 6 nitrogen and oxygen atoms in total. The van der Waals surface area contributed by atoms with Crippen molar-refractivity contribution in [2.75, 3.05) is 50.0 Å². The minimum atomic E-state index is -4.49. The van der Waals surface area contributed by atoms with Gasteiger partial charge in [0.2, 0.25) is 11.8 Å². The molecule has 2 N–H and O–H groups in total. The van der Waals surface area contributed by atoms with Gasteiger partial charge in [-0.15, -0.1) is 0 Å². The van der Waals surface area contributed by atoms with E-state index in [1.165, 1.54) is 11.0 Å². The molecule has 0 bridgehead atoms. The lowest BCUT2D eigenvalue weighted by molar-refractivity contribution is -0.137. The molecule has 2 rings (SSSR count). The molecule has 0 unspecified atom stereocenters. The second kappa shape index (κ2) is 10.5. The molecule has 2 amide bonds. The van der Waals surface area contributed by atoms with Crippen LogP contribution in [0.3, 0.4) is 0 Å². The van der Waals surface area contributed by atoms with Crippen LogP contribution in [-0.2, 0) is 15.8 Å². The first-order chi connectivity index (χ1) is 13.7. The van der Waals surface area contributed by atoms with E-state index in [0.29, 0.717) is 12.2 Å². The van der Waals surface area contributed by atoms with Crippen molar-refractivity contribution in [3.05, 3.63) is 23.8 Å². The normalized spacial score (nSPS) is 14.8. The van der Waals surface area contributed by atoms with Gasteiger partial charge in [-0.25, -0.2) is 0 Å². The van der Waals surface area contributed by atoms with E-state index in [9.17, 15) is 22.8 Å². The Balaban J connectivity index is 2.09. The number of alkyl halides is 3. The SMILES string of the molecule is CCCNC(=O)CN(C)CC(=O)Nc1cc(C(F)(F)F)ccc1N1CCCCC1. The molecular formula is C20H29F3N4O2. The summed E-state index contributed by atoms with van der Waals surface area (Å²) in [5.74, 6) is -0.663. The third kappa shape index (κ3) is 7.23. The molecule has 0 aliphatic carbocycles. The number of piperidine rings is 1. The van der Waals surface area contributed by atoms with Crippen LogP contribution in [0.25, 0.3) is 0 Å². The van der Waals surface area contributed by atoms with Crippen LogP contribution in [0, 0.1) is 0 Å². The summed E-state index contributed by atoms with van der Waals surface area (Å²) in [6, 6.07) is 3.45. The minimum Gasteiger partial charge on any atom is -0.370 e. The fraction of sp³-hybridized carbons (Fsp3) is 0.600. The van der Waals surface area contributed by atoms with E-state index in [-0.39, 0.29) is 24.7 Å². The lowest BCUT2D eigenvalue weighted by Crippen LogP contribution is -2.39. The number of rotatable bonds is 8. The number of benzene rings is 1. The predicted octanol–water partition coefficient (Wildman–Crippen LogP) is 3.09. The Morgan fingerprint density at radius 2 is 1.76 bits per heavy atom. The molecule has 1 aliphatic rings. The van der Waals surface area contributed by atoms with Crippen LogP contribution in [0.1, 0.15) is 38.2 Å². The van der Waals surface area contributed by atoms with Crippen LogP contribution in [0.15, 0.2) is 18.2 Å². The topological polar surface area (TPSA) is 64.7 Å². The fourth-order valence-corrected chi connectivity index (χ4v) is 3.28. The number of hydrogen-bond donors (Lipinski definition) is 2. The van der Waals surface area contributed by atoms with E-state index in [1.54, 1.807) is 7.05 Å². The first kappa shape index (κ1) is 23.0. The summed E-state index contributed by atoms with van der Waals surface area (Å²) >= 11 is 0. The summed E-state index contributed by atoms with van der Waals surface area (Å²) in [6.45, 7) is 3.91. The minimum absolute atomic E-state index is 0.0367. The van der Waals surface area contributed by atoms with Gasteiger partial charge in [0.15, 0.2) is 0 Å². The summed E-state index contributed by atoms with van der Waals surface area (Å²) in [6.07, 6.45) is -0.670. The third-order valence-corrected chi connectivity index (χ3v) is 4.69. The van der Waals surface area contributed by atoms with Crippen LogP contribution in [-0.4, -0.2) is 56.5 Å². The molecule has 1 aliphatic heterocycles. The van der Waals surface area contributed by atoms with Gasteiger partial charge in [-0.05, 0) is 50.9 Å². The largest absolute Gasteiger partial charge is 0.416 e. The average molecular weight is 414 g/mol. The summed E-state index contributed by atoms with van der Waals surface area (Å²) in [7, 11) is 1.61. The molecule has 1 heterocycles. The first-order valence-corrected chi connectivity index (χ1v) is 9.92. The average Bonchev–Trinajstić information content (AvgIpc) is 2.66. The van der Waals surface area contributed by atoms with Gasteiger partial charge in [0.25, 0.3) is 0 Å². The second-order valence-corrected chi connectivity index (χ2v) is 7.35. The van der Waals surface area contributed by atoms with Crippen molar-refractivity contribution < 1.29 is 22.8 Å². The van der Waals surface area contributed by atoms with Gasteiger partial charge in [-0.1, -0.05) is 6.92 Å². The molecule has 1 saturated heterocycles. The fourth-order valence-electron chi connectivity index (χ4n) is 3.28.